The fourth-order valence-corrected chi connectivity index (χ4v) is 2.72. The Morgan fingerprint density at radius 3 is 2.10 bits per heavy atom. The fraction of sp³-hybridized carbons (Fsp3) is 0.200. The van der Waals surface area contributed by atoms with Gasteiger partial charge in [-0.05, 0) is 23.8 Å². The SMILES string of the molecule is COc1cccc(OC)c1C(NN)c1ccccc1Br. The molecule has 0 bridgehead atoms. The maximum atomic E-state index is 5.77. The lowest BCUT2D eigenvalue weighted by Gasteiger charge is -2.22. The summed E-state index contributed by atoms with van der Waals surface area (Å²) in [5, 5.41) is 0. The number of halogens is 1. The zero-order chi connectivity index (χ0) is 14.5. The van der Waals surface area contributed by atoms with Crippen LogP contribution in [0.25, 0.3) is 0 Å². The molecular formula is C15H17BrN2O2. The van der Waals surface area contributed by atoms with Gasteiger partial charge in [-0.2, -0.15) is 0 Å². The molecular weight excluding hydrogens is 320 g/mol. The van der Waals surface area contributed by atoms with Gasteiger partial charge in [0, 0.05) is 4.47 Å². The Balaban J connectivity index is 2.60. The van der Waals surface area contributed by atoms with Crippen molar-refractivity contribution in [3.63, 3.8) is 0 Å². The van der Waals surface area contributed by atoms with Crippen LogP contribution < -0.4 is 20.7 Å². The van der Waals surface area contributed by atoms with E-state index in [0.717, 1.165) is 27.1 Å². The van der Waals surface area contributed by atoms with Gasteiger partial charge in [0.1, 0.15) is 11.5 Å². The molecule has 0 aliphatic heterocycles. The number of rotatable bonds is 5. The Morgan fingerprint density at radius 1 is 1.00 bits per heavy atom. The Hall–Kier alpha value is -1.56. The van der Waals surface area contributed by atoms with Gasteiger partial charge in [0.25, 0.3) is 0 Å². The predicted molar refractivity (Wildman–Crippen MR) is 82.9 cm³/mol. The second kappa shape index (κ2) is 6.74. The second-order valence-electron chi connectivity index (χ2n) is 4.20. The van der Waals surface area contributed by atoms with E-state index in [1.54, 1.807) is 14.2 Å². The van der Waals surface area contributed by atoms with Crippen molar-refractivity contribution in [1.29, 1.82) is 0 Å². The molecule has 5 heteroatoms. The lowest BCUT2D eigenvalue weighted by atomic mass is 9.97. The molecule has 1 unspecified atom stereocenters. The monoisotopic (exact) mass is 336 g/mol. The second-order valence-corrected chi connectivity index (χ2v) is 5.05. The van der Waals surface area contributed by atoms with E-state index in [9.17, 15) is 0 Å². The van der Waals surface area contributed by atoms with Gasteiger partial charge in [0.2, 0.25) is 0 Å². The standard InChI is InChI=1S/C15H17BrN2O2/c1-19-12-8-5-9-13(20-2)14(12)15(18-17)10-6-3-4-7-11(10)16/h3-9,15,18H,17H2,1-2H3. The molecule has 0 aliphatic rings. The molecule has 0 aliphatic carbocycles. The zero-order valence-corrected chi connectivity index (χ0v) is 13.0. The van der Waals surface area contributed by atoms with E-state index in [-0.39, 0.29) is 6.04 Å². The summed E-state index contributed by atoms with van der Waals surface area (Å²) in [6, 6.07) is 13.3. The molecule has 2 rings (SSSR count). The summed E-state index contributed by atoms with van der Waals surface area (Å²) in [7, 11) is 3.26. The van der Waals surface area contributed by atoms with Crippen LogP contribution in [0.1, 0.15) is 17.2 Å². The van der Waals surface area contributed by atoms with Gasteiger partial charge in [-0.1, -0.05) is 40.2 Å². The van der Waals surface area contributed by atoms with Crippen LogP contribution in [0.4, 0.5) is 0 Å². The van der Waals surface area contributed by atoms with Crippen molar-refractivity contribution in [3.05, 3.63) is 58.1 Å². The average molecular weight is 337 g/mol. The number of benzene rings is 2. The zero-order valence-electron chi connectivity index (χ0n) is 11.4. The first-order chi connectivity index (χ1) is 9.72. The van der Waals surface area contributed by atoms with Crippen molar-refractivity contribution in [2.75, 3.05) is 14.2 Å². The lowest BCUT2D eigenvalue weighted by Crippen LogP contribution is -2.29. The molecule has 106 valence electrons. The minimum Gasteiger partial charge on any atom is -0.496 e. The Labute approximate surface area is 127 Å². The molecule has 0 heterocycles. The summed E-state index contributed by atoms with van der Waals surface area (Å²) in [6.45, 7) is 0. The van der Waals surface area contributed by atoms with Crippen molar-refractivity contribution in [1.82, 2.24) is 5.43 Å². The number of nitrogens with two attached hydrogens (primary N) is 1. The average Bonchev–Trinajstić information content (AvgIpc) is 2.49. The number of hydrogen-bond donors (Lipinski definition) is 2. The van der Waals surface area contributed by atoms with Crippen LogP contribution in [-0.2, 0) is 0 Å². The van der Waals surface area contributed by atoms with E-state index in [1.807, 2.05) is 42.5 Å². The van der Waals surface area contributed by atoms with Gasteiger partial charge in [0.15, 0.2) is 0 Å². The third kappa shape index (κ3) is 2.80. The molecule has 0 spiro atoms. The van der Waals surface area contributed by atoms with Crippen molar-refractivity contribution >= 4 is 15.9 Å². The number of ether oxygens (including phenoxy) is 2. The third-order valence-corrected chi connectivity index (χ3v) is 3.86. The summed E-state index contributed by atoms with van der Waals surface area (Å²) in [6.07, 6.45) is 0. The van der Waals surface area contributed by atoms with Gasteiger partial charge in [0.05, 0.1) is 25.8 Å². The lowest BCUT2D eigenvalue weighted by molar-refractivity contribution is 0.377. The molecule has 0 fully saturated rings. The minimum absolute atomic E-state index is 0.239. The smallest absolute Gasteiger partial charge is 0.127 e. The van der Waals surface area contributed by atoms with Gasteiger partial charge in [-0.25, -0.2) is 5.43 Å². The van der Waals surface area contributed by atoms with Crippen LogP contribution in [0, 0.1) is 0 Å². The first-order valence-corrected chi connectivity index (χ1v) is 6.93. The first-order valence-electron chi connectivity index (χ1n) is 6.14. The molecule has 0 aromatic heterocycles. The summed E-state index contributed by atoms with van der Waals surface area (Å²) < 4.78 is 11.9. The molecule has 0 saturated heterocycles. The maximum absolute atomic E-state index is 5.77. The first kappa shape index (κ1) is 14.8. The molecule has 0 amide bonds. The fourth-order valence-electron chi connectivity index (χ4n) is 2.20. The van der Waals surface area contributed by atoms with Crippen molar-refractivity contribution in [3.8, 4) is 11.5 Å². The summed E-state index contributed by atoms with van der Waals surface area (Å²) in [4.78, 5) is 0. The molecule has 20 heavy (non-hydrogen) atoms. The van der Waals surface area contributed by atoms with Crippen LogP contribution in [-0.4, -0.2) is 14.2 Å². The molecule has 1 atom stereocenters. The Kier molecular flexibility index (Phi) is 5.00. The predicted octanol–water partition coefficient (Wildman–Crippen LogP) is 3.02. The summed E-state index contributed by atoms with van der Waals surface area (Å²) in [5.74, 6) is 7.22. The van der Waals surface area contributed by atoms with E-state index >= 15 is 0 Å². The van der Waals surface area contributed by atoms with Gasteiger partial charge < -0.3 is 9.47 Å². The van der Waals surface area contributed by atoms with E-state index in [2.05, 4.69) is 21.4 Å². The minimum atomic E-state index is -0.239. The van der Waals surface area contributed by atoms with Crippen molar-refractivity contribution in [2.45, 2.75) is 6.04 Å². The number of hydrazine groups is 1. The van der Waals surface area contributed by atoms with Crippen LogP contribution in [0.2, 0.25) is 0 Å². The Bertz CT molecular complexity index is 568. The van der Waals surface area contributed by atoms with E-state index < -0.39 is 0 Å². The summed E-state index contributed by atoms with van der Waals surface area (Å²) >= 11 is 3.55. The molecule has 0 radical (unpaired) electrons. The van der Waals surface area contributed by atoms with Crippen molar-refractivity contribution in [2.24, 2.45) is 5.84 Å². The molecule has 3 N–H and O–H groups in total. The van der Waals surface area contributed by atoms with Gasteiger partial charge in [-0.3, -0.25) is 5.84 Å². The normalized spacial score (nSPS) is 12.0. The third-order valence-electron chi connectivity index (χ3n) is 3.14. The molecule has 4 nitrogen and oxygen atoms in total. The molecule has 2 aromatic rings. The number of hydrogen-bond acceptors (Lipinski definition) is 4. The largest absolute Gasteiger partial charge is 0.496 e. The molecule has 0 saturated carbocycles. The molecule has 2 aromatic carbocycles. The quantitative estimate of drug-likeness (QED) is 0.651. The van der Waals surface area contributed by atoms with Crippen LogP contribution in [0.3, 0.4) is 0 Å². The highest BCUT2D eigenvalue weighted by Gasteiger charge is 2.23. The van der Waals surface area contributed by atoms with E-state index in [4.69, 9.17) is 15.3 Å². The van der Waals surface area contributed by atoms with E-state index in [0.29, 0.717) is 0 Å². The van der Waals surface area contributed by atoms with Crippen LogP contribution in [0.5, 0.6) is 11.5 Å². The summed E-state index contributed by atoms with van der Waals surface area (Å²) in [5.41, 5.74) is 4.71. The highest BCUT2D eigenvalue weighted by molar-refractivity contribution is 9.10. The highest BCUT2D eigenvalue weighted by Crippen LogP contribution is 2.38. The van der Waals surface area contributed by atoms with E-state index in [1.165, 1.54) is 0 Å². The topological polar surface area (TPSA) is 56.5 Å². The van der Waals surface area contributed by atoms with Gasteiger partial charge >= 0.3 is 0 Å². The highest BCUT2D eigenvalue weighted by atomic mass is 79.9. The van der Waals surface area contributed by atoms with Gasteiger partial charge in [-0.15, -0.1) is 0 Å². The number of methoxy groups -OCH3 is 2. The van der Waals surface area contributed by atoms with Crippen LogP contribution in [0.15, 0.2) is 46.9 Å². The Morgan fingerprint density at radius 2 is 1.60 bits per heavy atom. The van der Waals surface area contributed by atoms with Crippen LogP contribution >= 0.6 is 15.9 Å². The maximum Gasteiger partial charge on any atom is 0.127 e. The van der Waals surface area contributed by atoms with Crippen molar-refractivity contribution < 1.29 is 9.47 Å². The number of nitrogens with one attached hydrogen (secondary N) is 1.